The summed E-state index contributed by atoms with van der Waals surface area (Å²) in [5.41, 5.74) is 4.47. The Hall–Kier alpha value is -3.07. The van der Waals surface area contributed by atoms with E-state index in [0.29, 0.717) is 11.3 Å². The highest BCUT2D eigenvalue weighted by Crippen LogP contribution is 2.49. The number of nitrogens with two attached hydrogens (primary N) is 1. The van der Waals surface area contributed by atoms with Crippen molar-refractivity contribution in [2.45, 2.75) is 57.0 Å². The quantitative estimate of drug-likeness (QED) is 0.152. The average molecular weight is 630 g/mol. The summed E-state index contributed by atoms with van der Waals surface area (Å²) in [5, 5.41) is 13.5. The highest BCUT2D eigenvalue weighted by Gasteiger charge is 2.57. The van der Waals surface area contributed by atoms with Gasteiger partial charge in [0.25, 0.3) is 0 Å². The van der Waals surface area contributed by atoms with Gasteiger partial charge in [0.2, 0.25) is 5.95 Å². The number of nitrogen functional groups attached to an aromatic ring is 1. The first-order valence-corrected chi connectivity index (χ1v) is 15.1. The molecule has 1 aromatic carbocycles. The van der Waals surface area contributed by atoms with Gasteiger partial charge in [-0.3, -0.25) is 13.9 Å². The van der Waals surface area contributed by atoms with Gasteiger partial charge < -0.3 is 29.7 Å². The standard InChI is InChI=1S/C25H34ClFN7O7P/c1-14(2)39-23(36)15(3)32-42(37,41-16-9-7-6-8-10-16)38-12-25(11-26)19(35)17(27)22(40-25)34-13-29-18-20(33(4)5)30-24(28)31-21(18)34/h6-10,13-15,17,19,22,35H,11-12H2,1-5H3,(H,32,37)(H2,28,30,31)/t15-,17-,19+,22-,25-,42-/m1/s1. The van der Waals surface area contributed by atoms with Crippen molar-refractivity contribution in [2.24, 2.45) is 0 Å². The van der Waals surface area contributed by atoms with E-state index in [1.807, 2.05) is 0 Å². The van der Waals surface area contributed by atoms with Crippen molar-refractivity contribution in [3.63, 3.8) is 0 Å². The number of nitrogens with one attached hydrogen (secondary N) is 1. The molecule has 0 amide bonds. The molecule has 0 radical (unpaired) electrons. The molecule has 0 spiro atoms. The van der Waals surface area contributed by atoms with Crippen molar-refractivity contribution in [2.75, 3.05) is 37.2 Å². The van der Waals surface area contributed by atoms with Gasteiger partial charge in [-0.25, -0.2) is 13.9 Å². The molecule has 6 atom stereocenters. The van der Waals surface area contributed by atoms with Gasteiger partial charge >= 0.3 is 13.7 Å². The fourth-order valence-electron chi connectivity index (χ4n) is 4.24. The van der Waals surface area contributed by atoms with Gasteiger partial charge in [-0.15, -0.1) is 11.6 Å². The van der Waals surface area contributed by atoms with Crippen LogP contribution in [-0.2, 0) is 23.4 Å². The number of imidazole rings is 1. The molecule has 4 N–H and O–H groups in total. The van der Waals surface area contributed by atoms with E-state index in [1.54, 1.807) is 51.0 Å². The number of hydrogen-bond donors (Lipinski definition) is 3. The zero-order valence-electron chi connectivity index (χ0n) is 23.7. The molecular weight excluding hydrogens is 596 g/mol. The lowest BCUT2D eigenvalue weighted by molar-refractivity contribution is -0.149. The smallest absolute Gasteiger partial charge is 0.459 e. The first kappa shape index (κ1) is 31.9. The van der Waals surface area contributed by atoms with Crippen LogP contribution in [0.4, 0.5) is 16.2 Å². The normalized spacial score (nSPS) is 24.5. The molecule has 0 saturated carbocycles. The molecule has 4 rings (SSSR count). The second kappa shape index (κ2) is 12.7. The summed E-state index contributed by atoms with van der Waals surface area (Å²) >= 11 is 6.23. The lowest BCUT2D eigenvalue weighted by atomic mass is 9.99. The van der Waals surface area contributed by atoms with Gasteiger partial charge in [-0.1, -0.05) is 18.2 Å². The molecule has 230 valence electrons. The van der Waals surface area contributed by atoms with Crippen molar-refractivity contribution < 1.29 is 37.4 Å². The van der Waals surface area contributed by atoms with Crippen LogP contribution in [-0.4, -0.2) is 87.2 Å². The Morgan fingerprint density at radius 2 is 2.00 bits per heavy atom. The summed E-state index contributed by atoms with van der Waals surface area (Å²) in [7, 11) is -0.911. The number of fused-ring (bicyclic) bond motifs is 1. The molecule has 3 aromatic rings. The van der Waals surface area contributed by atoms with E-state index in [1.165, 1.54) is 30.0 Å². The Bertz CT molecular complexity index is 1450. The van der Waals surface area contributed by atoms with E-state index in [-0.39, 0.29) is 17.3 Å². The molecule has 14 nitrogen and oxygen atoms in total. The molecule has 1 aliphatic heterocycles. The van der Waals surface area contributed by atoms with E-state index < -0.39 is 62.5 Å². The molecule has 42 heavy (non-hydrogen) atoms. The summed E-state index contributed by atoms with van der Waals surface area (Å²) in [6, 6.07) is 6.94. The minimum Gasteiger partial charge on any atom is -0.462 e. The Kier molecular flexibility index (Phi) is 9.60. The molecule has 1 saturated heterocycles. The summed E-state index contributed by atoms with van der Waals surface area (Å²) in [5.74, 6) is -0.695. The molecule has 0 aliphatic carbocycles. The maximum atomic E-state index is 15.7. The van der Waals surface area contributed by atoms with Gasteiger partial charge in [0.1, 0.15) is 23.5 Å². The molecule has 2 aromatic heterocycles. The Morgan fingerprint density at radius 1 is 1.31 bits per heavy atom. The number of aliphatic hydroxyl groups excluding tert-OH is 1. The minimum absolute atomic E-state index is 0.0796. The predicted octanol–water partition coefficient (Wildman–Crippen LogP) is 2.81. The molecule has 0 bridgehead atoms. The second-order valence-electron chi connectivity index (χ2n) is 10.2. The number of aliphatic hydroxyl groups is 1. The first-order valence-electron chi connectivity index (χ1n) is 13.0. The van der Waals surface area contributed by atoms with Crippen LogP contribution in [0.15, 0.2) is 36.7 Å². The predicted molar refractivity (Wildman–Crippen MR) is 153 cm³/mol. The Balaban J connectivity index is 1.62. The Morgan fingerprint density at radius 3 is 2.62 bits per heavy atom. The van der Waals surface area contributed by atoms with Crippen molar-refractivity contribution in [1.29, 1.82) is 0 Å². The number of nitrogens with zero attached hydrogens (tertiary/aromatic N) is 5. The van der Waals surface area contributed by atoms with E-state index in [9.17, 15) is 14.5 Å². The van der Waals surface area contributed by atoms with Crippen molar-refractivity contribution in [3.8, 4) is 5.75 Å². The van der Waals surface area contributed by atoms with E-state index in [0.717, 1.165) is 0 Å². The van der Waals surface area contributed by atoms with Crippen LogP contribution in [0.2, 0.25) is 0 Å². The first-order chi connectivity index (χ1) is 19.8. The number of esters is 1. The number of aromatic nitrogens is 4. The second-order valence-corrected chi connectivity index (χ2v) is 12.2. The van der Waals surface area contributed by atoms with Crippen LogP contribution in [0.1, 0.15) is 27.0 Å². The third-order valence-corrected chi connectivity index (χ3v) is 8.39. The summed E-state index contributed by atoms with van der Waals surface area (Å²) in [6.07, 6.45) is -4.47. The lowest BCUT2D eigenvalue weighted by Gasteiger charge is -2.31. The maximum Gasteiger partial charge on any atom is 0.459 e. The highest BCUT2D eigenvalue weighted by molar-refractivity contribution is 7.52. The number of alkyl halides is 2. The van der Waals surface area contributed by atoms with E-state index in [4.69, 9.17) is 35.9 Å². The number of para-hydroxylation sites is 1. The summed E-state index contributed by atoms with van der Waals surface area (Å²) < 4.78 is 53.4. The topological polar surface area (TPSA) is 176 Å². The monoisotopic (exact) mass is 629 g/mol. The Labute approximate surface area is 246 Å². The summed E-state index contributed by atoms with van der Waals surface area (Å²) in [4.78, 5) is 26.8. The third-order valence-electron chi connectivity index (χ3n) is 6.32. The summed E-state index contributed by atoms with van der Waals surface area (Å²) in [6.45, 7) is 4.06. The molecular formula is C25H34ClFN7O7P. The number of ether oxygens (including phenoxy) is 2. The van der Waals surface area contributed by atoms with Crippen molar-refractivity contribution >= 4 is 48.2 Å². The number of rotatable bonds is 12. The number of benzene rings is 1. The number of anilines is 2. The number of carbonyl (C=O) groups excluding carboxylic acids is 1. The van der Waals surface area contributed by atoms with Crippen LogP contribution in [0.3, 0.4) is 0 Å². The van der Waals surface area contributed by atoms with Gasteiger partial charge in [-0.05, 0) is 32.9 Å². The molecule has 1 fully saturated rings. The zero-order chi connectivity index (χ0) is 30.8. The highest BCUT2D eigenvalue weighted by atomic mass is 35.5. The fraction of sp³-hybridized carbons (Fsp3) is 0.520. The number of carbonyl (C=O) groups is 1. The molecule has 3 heterocycles. The zero-order valence-corrected chi connectivity index (χ0v) is 25.3. The van der Waals surface area contributed by atoms with Crippen LogP contribution in [0.25, 0.3) is 11.2 Å². The third kappa shape index (κ3) is 6.61. The van der Waals surface area contributed by atoms with Gasteiger partial charge in [-0.2, -0.15) is 15.1 Å². The van der Waals surface area contributed by atoms with Crippen molar-refractivity contribution in [3.05, 3.63) is 36.7 Å². The molecule has 17 heteroatoms. The van der Waals surface area contributed by atoms with Crippen LogP contribution >= 0.6 is 19.3 Å². The van der Waals surface area contributed by atoms with E-state index in [2.05, 4.69) is 20.0 Å². The van der Waals surface area contributed by atoms with Crippen LogP contribution in [0.5, 0.6) is 5.75 Å². The molecule has 0 unspecified atom stereocenters. The average Bonchev–Trinajstić information content (AvgIpc) is 3.45. The minimum atomic E-state index is -4.38. The number of hydrogen-bond acceptors (Lipinski definition) is 12. The van der Waals surface area contributed by atoms with Gasteiger partial charge in [0.05, 0.1) is 24.9 Å². The maximum absolute atomic E-state index is 15.7. The lowest BCUT2D eigenvalue weighted by Crippen LogP contribution is -2.48. The SMILES string of the molecule is CC(C)OC(=O)[C@@H](C)N[P@@](=O)(OC[C@@]1(CCl)O[C@@H](n2cnc3c(N(C)C)nc(N)nc32)[C@H](F)[C@@H]1O)Oc1ccccc1. The molecule has 1 aliphatic rings. The van der Waals surface area contributed by atoms with Crippen LogP contribution < -0.4 is 20.2 Å². The van der Waals surface area contributed by atoms with E-state index >= 15 is 4.39 Å². The van der Waals surface area contributed by atoms with Crippen molar-refractivity contribution in [1.82, 2.24) is 24.6 Å². The number of halogens is 2. The van der Waals surface area contributed by atoms with Crippen LogP contribution in [0, 0.1) is 0 Å². The fourth-order valence-corrected chi connectivity index (χ4v) is 6.09. The van der Waals surface area contributed by atoms with Gasteiger partial charge in [0, 0.05) is 14.1 Å². The largest absolute Gasteiger partial charge is 0.462 e. The van der Waals surface area contributed by atoms with Gasteiger partial charge in [0.15, 0.2) is 29.4 Å².